The van der Waals surface area contributed by atoms with Crippen molar-refractivity contribution in [2.45, 2.75) is 13.5 Å². The molecule has 2 rings (SSSR count). The lowest BCUT2D eigenvalue weighted by Crippen LogP contribution is -2.38. The van der Waals surface area contributed by atoms with E-state index in [0.717, 1.165) is 16.4 Å². The topological polar surface area (TPSA) is 49.0 Å². The Morgan fingerprint density at radius 2 is 2.11 bits per heavy atom. The number of aryl methyl sites for hydroxylation is 1. The molecule has 1 aromatic carbocycles. The number of halogens is 1. The van der Waals surface area contributed by atoms with Gasteiger partial charge in [-0.15, -0.1) is 11.3 Å². The molecule has 4 nitrogen and oxygen atoms in total. The molecule has 0 amide bonds. The molecule has 0 bridgehead atoms. The predicted octanol–water partition coefficient (Wildman–Crippen LogP) is 2.58. The van der Waals surface area contributed by atoms with Gasteiger partial charge in [0.15, 0.2) is 5.11 Å². The van der Waals surface area contributed by atoms with Crippen molar-refractivity contribution >= 4 is 33.8 Å². The van der Waals surface area contributed by atoms with E-state index in [9.17, 15) is 4.39 Å². The van der Waals surface area contributed by atoms with Gasteiger partial charge in [-0.25, -0.2) is 9.37 Å². The molecule has 19 heavy (non-hydrogen) atoms. The molecule has 1 aromatic heterocycles. The Morgan fingerprint density at radius 3 is 2.74 bits per heavy atom. The summed E-state index contributed by atoms with van der Waals surface area (Å²) < 4.78 is 12.7. The van der Waals surface area contributed by atoms with E-state index in [1.807, 2.05) is 12.3 Å². The molecule has 3 N–H and O–H groups in total. The molecule has 1 heterocycles. The maximum atomic E-state index is 12.7. The Morgan fingerprint density at radius 1 is 1.37 bits per heavy atom. The van der Waals surface area contributed by atoms with Gasteiger partial charge in [-0.2, -0.15) is 0 Å². The number of hydrazine groups is 1. The second-order valence-corrected chi connectivity index (χ2v) is 5.12. The number of thiazole rings is 1. The monoisotopic (exact) mass is 296 g/mol. The minimum absolute atomic E-state index is 0.245. The number of thiocarbonyl (C=S) groups is 1. The molecule has 100 valence electrons. The van der Waals surface area contributed by atoms with Crippen LogP contribution in [0.4, 0.5) is 9.52 Å². The summed E-state index contributed by atoms with van der Waals surface area (Å²) >= 11 is 6.60. The molecular weight excluding hydrogens is 283 g/mol. The van der Waals surface area contributed by atoms with Crippen LogP contribution in [-0.4, -0.2) is 10.1 Å². The molecule has 0 atom stereocenters. The Kier molecular flexibility index (Phi) is 4.64. The van der Waals surface area contributed by atoms with Crippen molar-refractivity contribution in [2.75, 3.05) is 5.43 Å². The second-order valence-electron chi connectivity index (χ2n) is 3.85. The van der Waals surface area contributed by atoms with Gasteiger partial charge in [0.05, 0.1) is 5.69 Å². The van der Waals surface area contributed by atoms with Crippen LogP contribution in [-0.2, 0) is 6.54 Å². The third-order valence-electron chi connectivity index (χ3n) is 2.27. The Bertz CT molecular complexity index is 553. The third kappa shape index (κ3) is 4.46. The van der Waals surface area contributed by atoms with Crippen LogP contribution in [0.1, 0.15) is 11.3 Å². The van der Waals surface area contributed by atoms with Gasteiger partial charge in [0.2, 0.25) is 5.13 Å². The quantitative estimate of drug-likeness (QED) is 0.598. The second kappa shape index (κ2) is 6.44. The van der Waals surface area contributed by atoms with Crippen molar-refractivity contribution in [1.82, 2.24) is 15.7 Å². The average Bonchev–Trinajstić information content (AvgIpc) is 2.81. The zero-order valence-electron chi connectivity index (χ0n) is 10.2. The smallest absolute Gasteiger partial charge is 0.201 e. The molecule has 0 fully saturated rings. The van der Waals surface area contributed by atoms with E-state index in [1.165, 1.54) is 23.5 Å². The van der Waals surface area contributed by atoms with Gasteiger partial charge in [-0.3, -0.25) is 10.9 Å². The van der Waals surface area contributed by atoms with E-state index in [0.29, 0.717) is 11.7 Å². The van der Waals surface area contributed by atoms with Crippen LogP contribution in [0.15, 0.2) is 29.6 Å². The van der Waals surface area contributed by atoms with Gasteiger partial charge in [-0.05, 0) is 36.8 Å². The minimum atomic E-state index is -0.245. The molecule has 0 saturated carbocycles. The molecule has 2 aromatic rings. The molecule has 0 radical (unpaired) electrons. The lowest BCUT2D eigenvalue weighted by Gasteiger charge is -2.10. The van der Waals surface area contributed by atoms with E-state index in [2.05, 4.69) is 21.2 Å². The van der Waals surface area contributed by atoms with Crippen LogP contribution >= 0.6 is 23.6 Å². The summed E-state index contributed by atoms with van der Waals surface area (Å²) in [7, 11) is 0. The van der Waals surface area contributed by atoms with Crippen LogP contribution in [0, 0.1) is 12.7 Å². The zero-order chi connectivity index (χ0) is 13.7. The highest BCUT2D eigenvalue weighted by atomic mass is 32.1. The van der Waals surface area contributed by atoms with E-state index in [1.54, 1.807) is 12.1 Å². The zero-order valence-corrected chi connectivity index (χ0v) is 11.9. The van der Waals surface area contributed by atoms with Crippen molar-refractivity contribution in [3.05, 3.63) is 46.7 Å². The van der Waals surface area contributed by atoms with Crippen LogP contribution < -0.4 is 16.2 Å². The number of benzene rings is 1. The molecule has 0 aliphatic rings. The van der Waals surface area contributed by atoms with Crippen molar-refractivity contribution in [1.29, 1.82) is 0 Å². The van der Waals surface area contributed by atoms with Gasteiger partial charge in [0.25, 0.3) is 0 Å². The normalized spacial score (nSPS) is 10.0. The van der Waals surface area contributed by atoms with Gasteiger partial charge in [-0.1, -0.05) is 12.1 Å². The highest BCUT2D eigenvalue weighted by Gasteiger charge is 1.99. The molecule has 7 heteroatoms. The number of aromatic nitrogens is 1. The Labute approximate surface area is 120 Å². The SMILES string of the molecule is Cc1csc(NNC(=S)NCc2ccc(F)cc2)n1. The summed E-state index contributed by atoms with van der Waals surface area (Å²) in [5, 5.41) is 6.16. The maximum Gasteiger partial charge on any atom is 0.201 e. The predicted molar refractivity (Wildman–Crippen MR) is 79.4 cm³/mol. The highest BCUT2D eigenvalue weighted by molar-refractivity contribution is 7.80. The van der Waals surface area contributed by atoms with Crippen LogP contribution in [0.3, 0.4) is 0 Å². The number of nitrogens with zero attached hydrogens (tertiary/aromatic N) is 1. The minimum Gasteiger partial charge on any atom is -0.357 e. The molecule has 0 unspecified atom stereocenters. The van der Waals surface area contributed by atoms with Gasteiger partial charge in [0, 0.05) is 11.9 Å². The van der Waals surface area contributed by atoms with E-state index in [-0.39, 0.29) is 5.82 Å². The standard InChI is InChI=1S/C12H13FN4S2/c1-8-7-19-12(15-8)17-16-11(18)14-6-9-2-4-10(13)5-3-9/h2-5,7H,6H2,1H3,(H,15,17)(H2,14,16,18). The van der Waals surface area contributed by atoms with E-state index >= 15 is 0 Å². The molecular formula is C12H13FN4S2. The lowest BCUT2D eigenvalue weighted by atomic mass is 10.2. The van der Waals surface area contributed by atoms with E-state index in [4.69, 9.17) is 12.2 Å². The molecule has 0 aliphatic carbocycles. The largest absolute Gasteiger partial charge is 0.357 e. The number of hydrogen-bond acceptors (Lipinski definition) is 4. The summed E-state index contributed by atoms with van der Waals surface area (Å²) in [6.07, 6.45) is 0. The van der Waals surface area contributed by atoms with Crippen molar-refractivity contribution in [2.24, 2.45) is 0 Å². The summed E-state index contributed by atoms with van der Waals surface area (Å²) in [6, 6.07) is 6.26. The fourth-order valence-corrected chi connectivity index (χ4v) is 2.12. The molecule has 0 saturated heterocycles. The first-order valence-electron chi connectivity index (χ1n) is 5.60. The molecule has 0 spiro atoms. The highest BCUT2D eigenvalue weighted by Crippen LogP contribution is 2.12. The first-order valence-corrected chi connectivity index (χ1v) is 6.89. The fourth-order valence-electron chi connectivity index (χ4n) is 1.35. The van der Waals surface area contributed by atoms with Crippen molar-refractivity contribution in [3.63, 3.8) is 0 Å². The average molecular weight is 296 g/mol. The summed E-state index contributed by atoms with van der Waals surface area (Å²) in [6.45, 7) is 2.46. The van der Waals surface area contributed by atoms with Crippen LogP contribution in [0.5, 0.6) is 0 Å². The van der Waals surface area contributed by atoms with Gasteiger partial charge < -0.3 is 5.32 Å². The Balaban J connectivity index is 1.74. The summed E-state index contributed by atoms with van der Waals surface area (Å²) in [4.78, 5) is 4.23. The first kappa shape index (κ1) is 13.7. The van der Waals surface area contributed by atoms with Crippen molar-refractivity contribution in [3.8, 4) is 0 Å². The van der Waals surface area contributed by atoms with Gasteiger partial charge in [0.1, 0.15) is 5.82 Å². The van der Waals surface area contributed by atoms with E-state index < -0.39 is 0 Å². The number of hydrogen-bond donors (Lipinski definition) is 3. The third-order valence-corrected chi connectivity index (χ3v) is 3.39. The number of rotatable bonds is 4. The van der Waals surface area contributed by atoms with Crippen LogP contribution in [0.2, 0.25) is 0 Å². The maximum absolute atomic E-state index is 12.7. The van der Waals surface area contributed by atoms with Crippen LogP contribution in [0.25, 0.3) is 0 Å². The number of anilines is 1. The lowest BCUT2D eigenvalue weighted by molar-refractivity contribution is 0.626. The van der Waals surface area contributed by atoms with Gasteiger partial charge >= 0.3 is 0 Å². The Hall–Kier alpha value is -1.73. The molecule has 0 aliphatic heterocycles. The fraction of sp³-hybridized carbons (Fsp3) is 0.167. The first-order chi connectivity index (χ1) is 9.13. The van der Waals surface area contributed by atoms with Crippen molar-refractivity contribution < 1.29 is 4.39 Å². The summed E-state index contributed by atoms with van der Waals surface area (Å²) in [5.74, 6) is -0.245. The number of nitrogens with one attached hydrogen (secondary N) is 3. The summed E-state index contributed by atoms with van der Waals surface area (Å²) in [5.41, 5.74) is 7.65.